The van der Waals surface area contributed by atoms with E-state index in [-0.39, 0.29) is 36.1 Å². The second-order valence-corrected chi connectivity index (χ2v) is 12.1. The second-order valence-electron chi connectivity index (χ2n) is 9.74. The molecule has 0 aromatic heterocycles. The van der Waals surface area contributed by atoms with Crippen molar-refractivity contribution in [2.75, 3.05) is 39.8 Å². The van der Waals surface area contributed by atoms with Gasteiger partial charge in [0.25, 0.3) is 5.91 Å². The number of carbonyl (C=O) groups excluding carboxylic acids is 3. The zero-order valence-corrected chi connectivity index (χ0v) is 23.3. The van der Waals surface area contributed by atoms with Gasteiger partial charge in [0, 0.05) is 26.2 Å². The number of nitrogens with one attached hydrogen (secondary N) is 1. The van der Waals surface area contributed by atoms with E-state index in [4.69, 9.17) is 16.3 Å². The summed E-state index contributed by atoms with van der Waals surface area (Å²) in [6.07, 6.45) is 0. The van der Waals surface area contributed by atoms with E-state index < -0.39 is 45.8 Å². The van der Waals surface area contributed by atoms with E-state index in [2.05, 4.69) is 5.32 Å². The van der Waals surface area contributed by atoms with Gasteiger partial charge in [0.05, 0.1) is 17.0 Å². The highest BCUT2D eigenvalue weighted by Gasteiger charge is 2.50. The normalized spacial score (nSPS) is 20.2. The van der Waals surface area contributed by atoms with Gasteiger partial charge in [-0.1, -0.05) is 29.8 Å². The molecule has 40 heavy (non-hydrogen) atoms. The summed E-state index contributed by atoms with van der Waals surface area (Å²) in [6.45, 7) is 1.20. The van der Waals surface area contributed by atoms with Gasteiger partial charge in [-0.2, -0.15) is 4.31 Å². The number of rotatable bonds is 6. The van der Waals surface area contributed by atoms with E-state index in [0.29, 0.717) is 11.3 Å². The SMILES string of the molecule is COc1ccc2cc([C@@]3(C)NC(=O)N(CC(=O)N4CCN(S(=O)(=O)c5ccc(F)c(Cl)c5)CC4)C3=O)ccc2c1. The highest BCUT2D eigenvalue weighted by Crippen LogP contribution is 2.32. The number of imide groups is 1. The highest BCUT2D eigenvalue weighted by molar-refractivity contribution is 7.89. The topological polar surface area (TPSA) is 116 Å². The van der Waals surface area contributed by atoms with E-state index in [0.717, 1.165) is 33.9 Å². The van der Waals surface area contributed by atoms with Crippen molar-refractivity contribution in [3.05, 3.63) is 71.0 Å². The standard InChI is InChI=1S/C27H26ClFN4O6S/c1-27(19-5-3-18-14-20(39-2)6-4-17(18)13-19)25(35)33(26(36)30-27)16-24(34)31-9-11-32(12-10-31)40(37,38)21-7-8-23(29)22(28)15-21/h3-8,13-15H,9-12,16H2,1-2H3,(H,30,36)/t27-/m1/s1. The lowest BCUT2D eigenvalue weighted by atomic mass is 9.90. The van der Waals surface area contributed by atoms with Crippen LogP contribution in [0.25, 0.3) is 10.8 Å². The fourth-order valence-corrected chi connectivity index (χ4v) is 6.59. The molecule has 2 heterocycles. The number of ether oxygens (including phenoxy) is 1. The van der Waals surface area contributed by atoms with E-state index in [1.807, 2.05) is 24.3 Å². The van der Waals surface area contributed by atoms with E-state index in [1.54, 1.807) is 26.2 Å². The number of carbonyl (C=O) groups is 3. The second kappa shape index (κ2) is 10.3. The molecule has 0 spiro atoms. The average Bonchev–Trinajstić information content (AvgIpc) is 3.17. The molecular formula is C27H26ClFN4O6S. The van der Waals surface area contributed by atoms with Crippen LogP contribution in [0.1, 0.15) is 12.5 Å². The van der Waals surface area contributed by atoms with Crippen LogP contribution in [0.3, 0.4) is 0 Å². The lowest BCUT2D eigenvalue weighted by Gasteiger charge is -2.34. The molecule has 2 saturated heterocycles. The van der Waals surface area contributed by atoms with Crippen molar-refractivity contribution in [2.45, 2.75) is 17.4 Å². The van der Waals surface area contributed by atoms with Gasteiger partial charge in [0.2, 0.25) is 15.9 Å². The summed E-state index contributed by atoms with van der Waals surface area (Å²) in [6, 6.07) is 13.4. The number of methoxy groups -OCH3 is 1. The minimum Gasteiger partial charge on any atom is -0.497 e. The Labute approximate surface area is 235 Å². The first kappa shape index (κ1) is 27.8. The first-order chi connectivity index (χ1) is 18.9. The van der Waals surface area contributed by atoms with E-state index in [9.17, 15) is 27.2 Å². The number of hydrogen-bond donors (Lipinski definition) is 1. The maximum absolute atomic E-state index is 13.5. The average molecular weight is 589 g/mol. The van der Waals surface area contributed by atoms with Crippen molar-refractivity contribution in [1.82, 2.24) is 19.4 Å². The van der Waals surface area contributed by atoms with Crippen molar-refractivity contribution in [1.29, 1.82) is 0 Å². The molecule has 13 heteroatoms. The van der Waals surface area contributed by atoms with Gasteiger partial charge in [-0.3, -0.25) is 14.5 Å². The minimum absolute atomic E-state index is 0.0111. The number of fused-ring (bicyclic) bond motifs is 1. The zero-order chi connectivity index (χ0) is 28.8. The summed E-state index contributed by atoms with van der Waals surface area (Å²) in [7, 11) is -2.37. The monoisotopic (exact) mass is 588 g/mol. The molecule has 3 aromatic carbocycles. The van der Waals surface area contributed by atoms with Crippen LogP contribution in [0.2, 0.25) is 5.02 Å². The lowest BCUT2D eigenvalue weighted by molar-refractivity contribution is -0.139. The molecule has 1 atom stereocenters. The molecule has 0 aliphatic carbocycles. The van der Waals surface area contributed by atoms with E-state index >= 15 is 0 Å². The van der Waals surface area contributed by atoms with E-state index in [1.165, 1.54) is 9.21 Å². The molecule has 2 aliphatic rings. The van der Waals surface area contributed by atoms with Crippen LogP contribution in [0.4, 0.5) is 9.18 Å². The van der Waals surface area contributed by atoms with Gasteiger partial charge in [-0.25, -0.2) is 17.6 Å². The summed E-state index contributed by atoms with van der Waals surface area (Å²) >= 11 is 5.74. The van der Waals surface area contributed by atoms with Crippen LogP contribution in [0, 0.1) is 5.82 Å². The lowest BCUT2D eigenvalue weighted by Crippen LogP contribution is -2.53. The molecule has 3 aromatic rings. The van der Waals surface area contributed by atoms with Crippen LogP contribution >= 0.6 is 11.6 Å². The largest absolute Gasteiger partial charge is 0.497 e. The molecular weight excluding hydrogens is 563 g/mol. The Morgan fingerprint density at radius 2 is 1.70 bits per heavy atom. The van der Waals surface area contributed by atoms with Crippen molar-refractivity contribution in [3.63, 3.8) is 0 Å². The number of piperazine rings is 1. The predicted molar refractivity (Wildman–Crippen MR) is 145 cm³/mol. The molecule has 2 aliphatic heterocycles. The molecule has 10 nitrogen and oxygen atoms in total. The summed E-state index contributed by atoms with van der Waals surface area (Å²) < 4.78 is 45.8. The predicted octanol–water partition coefficient (Wildman–Crippen LogP) is 2.94. The van der Waals surface area contributed by atoms with Crippen molar-refractivity contribution in [3.8, 4) is 5.75 Å². The Kier molecular flexibility index (Phi) is 7.19. The van der Waals surface area contributed by atoms with Gasteiger partial charge < -0.3 is 15.0 Å². The maximum atomic E-state index is 13.5. The van der Waals surface area contributed by atoms with Gasteiger partial charge in [0.15, 0.2) is 0 Å². The Hall–Kier alpha value is -3.74. The Balaban J connectivity index is 1.25. The fraction of sp³-hybridized carbons (Fsp3) is 0.296. The summed E-state index contributed by atoms with van der Waals surface area (Å²) in [5.74, 6) is -1.08. The Bertz CT molecular complexity index is 1640. The molecule has 0 radical (unpaired) electrons. The number of urea groups is 1. The first-order valence-corrected chi connectivity index (χ1v) is 14.2. The number of nitrogens with zero attached hydrogens (tertiary/aromatic N) is 3. The first-order valence-electron chi connectivity index (χ1n) is 12.4. The summed E-state index contributed by atoms with van der Waals surface area (Å²) in [5, 5.41) is 4.16. The van der Waals surface area contributed by atoms with Crippen molar-refractivity contribution < 1.29 is 31.9 Å². The number of halogens is 2. The minimum atomic E-state index is -3.95. The van der Waals surface area contributed by atoms with Gasteiger partial charge in [-0.05, 0) is 59.7 Å². The number of hydrogen-bond acceptors (Lipinski definition) is 6. The fourth-order valence-electron chi connectivity index (χ4n) is 4.90. The third-order valence-electron chi connectivity index (χ3n) is 7.31. The molecule has 4 amide bonds. The molecule has 0 unspecified atom stereocenters. The molecule has 2 fully saturated rings. The number of sulfonamides is 1. The molecule has 1 N–H and O–H groups in total. The van der Waals surface area contributed by atoms with Crippen LogP contribution in [0.5, 0.6) is 5.75 Å². The van der Waals surface area contributed by atoms with Crippen molar-refractivity contribution >= 4 is 50.2 Å². The van der Waals surface area contributed by atoms with Gasteiger partial charge in [-0.15, -0.1) is 0 Å². The summed E-state index contributed by atoms with van der Waals surface area (Å²) in [5.41, 5.74) is -0.799. The summed E-state index contributed by atoms with van der Waals surface area (Å²) in [4.78, 5) is 41.4. The maximum Gasteiger partial charge on any atom is 0.325 e. The molecule has 0 saturated carbocycles. The third kappa shape index (κ3) is 4.87. The molecule has 210 valence electrons. The molecule has 0 bridgehead atoms. The molecule has 5 rings (SSSR count). The highest BCUT2D eigenvalue weighted by atomic mass is 35.5. The Morgan fingerprint density at radius 1 is 1.02 bits per heavy atom. The van der Waals surface area contributed by atoms with Crippen LogP contribution < -0.4 is 10.1 Å². The zero-order valence-electron chi connectivity index (χ0n) is 21.7. The van der Waals surface area contributed by atoms with Gasteiger partial charge in [0.1, 0.15) is 23.7 Å². The van der Waals surface area contributed by atoms with Crippen LogP contribution in [-0.4, -0.2) is 80.2 Å². The third-order valence-corrected chi connectivity index (χ3v) is 9.50. The van der Waals surface area contributed by atoms with Gasteiger partial charge >= 0.3 is 6.03 Å². The van der Waals surface area contributed by atoms with Crippen molar-refractivity contribution in [2.24, 2.45) is 0 Å². The number of benzene rings is 3. The Morgan fingerprint density at radius 3 is 2.38 bits per heavy atom. The smallest absolute Gasteiger partial charge is 0.325 e. The number of amides is 4. The van der Waals surface area contributed by atoms with Crippen LogP contribution in [-0.2, 0) is 25.2 Å². The quantitative estimate of drug-likeness (QED) is 0.443. The van der Waals surface area contributed by atoms with Crippen LogP contribution in [0.15, 0.2) is 59.5 Å².